The topological polar surface area (TPSA) is 88.2 Å². The highest BCUT2D eigenvalue weighted by atomic mass is 16.5. The van der Waals surface area contributed by atoms with Gasteiger partial charge in [-0.1, -0.05) is 6.07 Å². The summed E-state index contributed by atoms with van der Waals surface area (Å²) in [5.41, 5.74) is 4.08. The number of anilines is 1. The Morgan fingerprint density at radius 3 is 2.63 bits per heavy atom. The van der Waals surface area contributed by atoms with Crippen LogP contribution in [0.15, 0.2) is 42.9 Å². The van der Waals surface area contributed by atoms with Gasteiger partial charge in [0.1, 0.15) is 17.8 Å². The summed E-state index contributed by atoms with van der Waals surface area (Å²) in [5.74, 6) is 1.56. The molecule has 182 valence electrons. The van der Waals surface area contributed by atoms with Gasteiger partial charge >= 0.3 is 0 Å². The van der Waals surface area contributed by atoms with E-state index < -0.39 is 0 Å². The first-order valence-electron chi connectivity index (χ1n) is 12.7. The molecule has 2 fully saturated rings. The SMILES string of the molecule is CCOc1ccc(-c2ccc3[nH]c4ncnc(NC5CCC(N6CCOCC6)CC5)c4c3c2)cn1. The Morgan fingerprint density at radius 1 is 1.03 bits per heavy atom. The molecule has 0 unspecified atom stereocenters. The van der Waals surface area contributed by atoms with Gasteiger partial charge in [0.15, 0.2) is 0 Å². The molecule has 1 aliphatic heterocycles. The number of H-pyrrole nitrogens is 1. The molecule has 0 bridgehead atoms. The second-order valence-electron chi connectivity index (χ2n) is 9.45. The smallest absolute Gasteiger partial charge is 0.213 e. The zero-order valence-electron chi connectivity index (χ0n) is 20.2. The molecule has 35 heavy (non-hydrogen) atoms. The predicted molar refractivity (Wildman–Crippen MR) is 138 cm³/mol. The lowest BCUT2D eigenvalue weighted by Crippen LogP contribution is -2.46. The molecule has 1 aliphatic carbocycles. The molecule has 0 amide bonds. The van der Waals surface area contributed by atoms with Crippen molar-refractivity contribution in [2.24, 2.45) is 0 Å². The van der Waals surface area contributed by atoms with Gasteiger partial charge in [-0.25, -0.2) is 15.0 Å². The van der Waals surface area contributed by atoms with E-state index in [1.165, 1.54) is 12.8 Å². The molecule has 1 saturated carbocycles. The number of hydrogen-bond donors (Lipinski definition) is 2. The molecule has 0 atom stereocenters. The maximum Gasteiger partial charge on any atom is 0.213 e. The molecular weight excluding hydrogens is 440 g/mol. The Balaban J connectivity index is 1.24. The van der Waals surface area contributed by atoms with Crippen LogP contribution in [0.1, 0.15) is 32.6 Å². The monoisotopic (exact) mass is 472 g/mol. The largest absolute Gasteiger partial charge is 0.478 e. The van der Waals surface area contributed by atoms with Crippen molar-refractivity contribution in [1.29, 1.82) is 0 Å². The van der Waals surface area contributed by atoms with E-state index in [9.17, 15) is 0 Å². The first kappa shape index (κ1) is 22.2. The minimum Gasteiger partial charge on any atom is -0.478 e. The fraction of sp³-hybridized carbons (Fsp3) is 0.444. The van der Waals surface area contributed by atoms with Gasteiger partial charge < -0.3 is 19.8 Å². The minimum absolute atomic E-state index is 0.425. The quantitative estimate of drug-likeness (QED) is 0.423. The molecule has 1 aromatic carbocycles. The van der Waals surface area contributed by atoms with Crippen molar-refractivity contribution in [3.63, 3.8) is 0 Å². The minimum atomic E-state index is 0.425. The molecule has 4 aromatic rings. The van der Waals surface area contributed by atoms with Crippen molar-refractivity contribution < 1.29 is 9.47 Å². The third kappa shape index (κ3) is 4.56. The Kier molecular flexibility index (Phi) is 6.22. The summed E-state index contributed by atoms with van der Waals surface area (Å²) in [5, 5.41) is 5.94. The maximum absolute atomic E-state index is 5.53. The molecule has 0 spiro atoms. The third-order valence-electron chi connectivity index (χ3n) is 7.35. The molecule has 8 heteroatoms. The molecule has 4 heterocycles. The van der Waals surface area contributed by atoms with E-state index in [2.05, 4.69) is 54.4 Å². The fourth-order valence-corrected chi connectivity index (χ4v) is 5.52. The molecule has 2 aliphatic rings. The van der Waals surface area contributed by atoms with Gasteiger partial charge in [-0.3, -0.25) is 4.90 Å². The van der Waals surface area contributed by atoms with Gasteiger partial charge in [0.05, 0.1) is 25.2 Å². The number of hydrogen-bond acceptors (Lipinski definition) is 7. The van der Waals surface area contributed by atoms with Gasteiger partial charge in [0, 0.05) is 53.9 Å². The summed E-state index contributed by atoms with van der Waals surface area (Å²) in [6, 6.07) is 11.5. The summed E-state index contributed by atoms with van der Waals surface area (Å²) in [6.45, 7) is 6.44. The van der Waals surface area contributed by atoms with E-state index in [1.807, 2.05) is 19.2 Å². The number of pyridine rings is 1. The Morgan fingerprint density at radius 2 is 1.86 bits per heavy atom. The van der Waals surface area contributed by atoms with E-state index in [4.69, 9.17) is 9.47 Å². The Labute approximate surface area is 205 Å². The van der Waals surface area contributed by atoms with E-state index in [0.717, 1.165) is 78.0 Å². The first-order valence-corrected chi connectivity index (χ1v) is 12.7. The number of rotatable bonds is 6. The summed E-state index contributed by atoms with van der Waals surface area (Å²) >= 11 is 0. The zero-order valence-corrected chi connectivity index (χ0v) is 20.2. The number of aromatic amines is 1. The molecule has 8 nitrogen and oxygen atoms in total. The number of aromatic nitrogens is 4. The van der Waals surface area contributed by atoms with Crippen molar-refractivity contribution in [3.05, 3.63) is 42.9 Å². The van der Waals surface area contributed by atoms with E-state index in [-0.39, 0.29) is 0 Å². The number of morpholine rings is 1. The van der Waals surface area contributed by atoms with Gasteiger partial charge in [-0.2, -0.15) is 0 Å². The third-order valence-corrected chi connectivity index (χ3v) is 7.35. The lowest BCUT2D eigenvalue weighted by molar-refractivity contribution is 0.00791. The van der Waals surface area contributed by atoms with Crippen LogP contribution < -0.4 is 10.1 Å². The number of benzene rings is 1. The van der Waals surface area contributed by atoms with Crippen LogP contribution in [0.4, 0.5) is 5.82 Å². The van der Waals surface area contributed by atoms with Crippen molar-refractivity contribution in [1.82, 2.24) is 24.8 Å². The average molecular weight is 473 g/mol. The van der Waals surface area contributed by atoms with Crippen molar-refractivity contribution in [2.45, 2.75) is 44.7 Å². The van der Waals surface area contributed by atoms with Gasteiger partial charge in [0.2, 0.25) is 5.88 Å². The van der Waals surface area contributed by atoms with E-state index in [1.54, 1.807) is 6.33 Å². The molecule has 3 aromatic heterocycles. The van der Waals surface area contributed by atoms with Crippen molar-refractivity contribution in [2.75, 3.05) is 38.2 Å². The van der Waals surface area contributed by atoms with Crippen LogP contribution in [-0.4, -0.2) is 69.8 Å². The second-order valence-corrected chi connectivity index (χ2v) is 9.45. The normalized spacial score (nSPS) is 21.4. The first-order chi connectivity index (χ1) is 17.3. The highest BCUT2D eigenvalue weighted by Crippen LogP contribution is 2.34. The lowest BCUT2D eigenvalue weighted by Gasteiger charge is -2.39. The van der Waals surface area contributed by atoms with Crippen LogP contribution in [0.25, 0.3) is 33.1 Å². The van der Waals surface area contributed by atoms with Gasteiger partial charge in [0.25, 0.3) is 0 Å². The number of fused-ring (bicyclic) bond motifs is 3. The van der Waals surface area contributed by atoms with Crippen LogP contribution in [0.3, 0.4) is 0 Å². The predicted octanol–water partition coefficient (Wildman–Crippen LogP) is 4.63. The summed E-state index contributed by atoms with van der Waals surface area (Å²) in [6.07, 6.45) is 8.25. The van der Waals surface area contributed by atoms with E-state index in [0.29, 0.717) is 24.6 Å². The van der Waals surface area contributed by atoms with Crippen LogP contribution in [0.5, 0.6) is 5.88 Å². The van der Waals surface area contributed by atoms with Crippen LogP contribution in [0, 0.1) is 0 Å². The standard InChI is InChI=1S/C27H32N6O2/c1-2-35-24-10-4-19(16-28-24)18-3-9-23-22(15-18)25-26(29-17-30-27(25)32-23)31-20-5-7-21(8-6-20)33-11-13-34-14-12-33/h3-4,9-10,15-17,20-21H,2,5-8,11-14H2,1H3,(H2,29,30,31,32). The zero-order chi connectivity index (χ0) is 23.6. The van der Waals surface area contributed by atoms with Crippen molar-refractivity contribution >= 4 is 27.8 Å². The highest BCUT2D eigenvalue weighted by molar-refractivity contribution is 6.12. The molecule has 6 rings (SSSR count). The van der Waals surface area contributed by atoms with Crippen LogP contribution in [-0.2, 0) is 4.74 Å². The lowest BCUT2D eigenvalue weighted by atomic mass is 9.90. The Hall–Kier alpha value is -3.23. The number of nitrogens with one attached hydrogen (secondary N) is 2. The summed E-state index contributed by atoms with van der Waals surface area (Å²) < 4.78 is 11.0. The summed E-state index contributed by atoms with van der Waals surface area (Å²) in [7, 11) is 0. The van der Waals surface area contributed by atoms with Gasteiger partial charge in [-0.05, 0) is 56.4 Å². The molecule has 1 saturated heterocycles. The van der Waals surface area contributed by atoms with Gasteiger partial charge in [-0.15, -0.1) is 0 Å². The molecule has 0 radical (unpaired) electrons. The van der Waals surface area contributed by atoms with Crippen LogP contribution in [0.2, 0.25) is 0 Å². The Bertz CT molecular complexity index is 1290. The van der Waals surface area contributed by atoms with Crippen LogP contribution >= 0.6 is 0 Å². The fourth-order valence-electron chi connectivity index (χ4n) is 5.52. The van der Waals surface area contributed by atoms with E-state index >= 15 is 0 Å². The maximum atomic E-state index is 5.53. The molecular formula is C27H32N6O2. The second kappa shape index (κ2) is 9.79. The number of ether oxygens (including phenoxy) is 2. The summed E-state index contributed by atoms with van der Waals surface area (Å²) in [4.78, 5) is 19.7. The number of nitrogens with zero attached hydrogens (tertiary/aromatic N) is 4. The highest BCUT2D eigenvalue weighted by Gasteiger charge is 2.27. The molecule has 2 N–H and O–H groups in total. The van der Waals surface area contributed by atoms with Crippen molar-refractivity contribution in [3.8, 4) is 17.0 Å². The average Bonchev–Trinajstić information content (AvgIpc) is 3.29.